The monoisotopic (exact) mass is 437 g/mol. The van der Waals surface area contributed by atoms with Crippen molar-refractivity contribution in [1.82, 2.24) is 0 Å². The van der Waals surface area contributed by atoms with E-state index in [9.17, 15) is 19.6 Å². The Bertz CT molecular complexity index is 949. The Morgan fingerprint density at radius 3 is 2.66 bits per heavy atom. The van der Waals surface area contributed by atoms with Crippen LogP contribution in [0.25, 0.3) is 0 Å². The van der Waals surface area contributed by atoms with Crippen LogP contribution in [-0.2, 0) is 11.2 Å². The molecule has 172 valence electrons. The predicted octanol–water partition coefficient (Wildman–Crippen LogP) is 5.83. The largest absolute Gasteiger partial charge is 0.390 e. The molecule has 8 atom stereocenters. The molecular formula is C28H36FNO2. The maximum Gasteiger partial charge on any atom is 0.140 e. The van der Waals surface area contributed by atoms with Crippen LogP contribution in [0.4, 0.5) is 4.39 Å². The van der Waals surface area contributed by atoms with Crippen molar-refractivity contribution >= 4 is 5.78 Å². The summed E-state index contributed by atoms with van der Waals surface area (Å²) in [4.78, 5) is 13.5. The van der Waals surface area contributed by atoms with Gasteiger partial charge in [0.1, 0.15) is 11.6 Å². The van der Waals surface area contributed by atoms with Crippen LogP contribution >= 0.6 is 0 Å². The summed E-state index contributed by atoms with van der Waals surface area (Å²) in [6.07, 6.45) is 10.2. The van der Waals surface area contributed by atoms with E-state index >= 15 is 0 Å². The van der Waals surface area contributed by atoms with Gasteiger partial charge in [0.2, 0.25) is 0 Å². The molecule has 0 saturated heterocycles. The number of benzene rings is 1. The summed E-state index contributed by atoms with van der Waals surface area (Å²) in [5, 5.41) is 20.0. The smallest absolute Gasteiger partial charge is 0.140 e. The highest BCUT2D eigenvalue weighted by Gasteiger charge is 2.58. The van der Waals surface area contributed by atoms with Gasteiger partial charge in [0.25, 0.3) is 0 Å². The Labute approximate surface area is 191 Å². The lowest BCUT2D eigenvalue weighted by molar-refractivity contribution is -0.131. The van der Waals surface area contributed by atoms with Crippen LogP contribution in [0.5, 0.6) is 0 Å². The number of fused-ring (bicyclic) bond motifs is 5. The fraction of sp³-hybridized carbons (Fsp3) is 0.714. The van der Waals surface area contributed by atoms with E-state index in [2.05, 4.69) is 13.0 Å². The van der Waals surface area contributed by atoms with Crippen molar-refractivity contribution in [3.05, 3.63) is 35.1 Å². The molecule has 0 aromatic heterocycles. The Morgan fingerprint density at radius 1 is 1.09 bits per heavy atom. The number of carbonyl (C=O) groups excluding carboxylic acids is 1. The van der Waals surface area contributed by atoms with Crippen LogP contribution in [0.2, 0.25) is 0 Å². The van der Waals surface area contributed by atoms with Gasteiger partial charge in [-0.3, -0.25) is 4.79 Å². The number of Topliss-reactive ketones (excluding diaryl/α,β-unsaturated/α-hetero) is 1. The van der Waals surface area contributed by atoms with Gasteiger partial charge in [0.15, 0.2) is 0 Å². The first-order valence-electron chi connectivity index (χ1n) is 12.7. The van der Waals surface area contributed by atoms with E-state index in [0.29, 0.717) is 17.4 Å². The lowest BCUT2D eigenvalue weighted by atomic mass is 9.49. The van der Waals surface area contributed by atoms with Gasteiger partial charge < -0.3 is 5.11 Å². The third kappa shape index (κ3) is 3.61. The highest BCUT2D eigenvalue weighted by Crippen LogP contribution is 2.64. The van der Waals surface area contributed by atoms with Gasteiger partial charge in [0, 0.05) is 12.3 Å². The quantitative estimate of drug-likeness (QED) is 0.647. The number of ketones is 1. The van der Waals surface area contributed by atoms with Crippen LogP contribution in [0.15, 0.2) is 18.2 Å². The van der Waals surface area contributed by atoms with Gasteiger partial charge in [-0.1, -0.05) is 13.0 Å². The van der Waals surface area contributed by atoms with E-state index < -0.39 is 11.4 Å². The zero-order chi connectivity index (χ0) is 22.7. The van der Waals surface area contributed by atoms with Gasteiger partial charge in [0.05, 0.1) is 17.2 Å². The Kier molecular flexibility index (Phi) is 5.48. The first kappa shape index (κ1) is 22.1. The van der Waals surface area contributed by atoms with E-state index in [1.165, 1.54) is 31.4 Å². The molecule has 0 heterocycles. The molecule has 4 aliphatic rings. The minimum absolute atomic E-state index is 0.0508. The Balaban J connectivity index is 1.32. The molecule has 3 nitrogen and oxygen atoms in total. The first-order valence-corrected chi connectivity index (χ1v) is 12.7. The predicted molar refractivity (Wildman–Crippen MR) is 121 cm³/mol. The van der Waals surface area contributed by atoms with E-state index in [0.717, 1.165) is 56.3 Å². The summed E-state index contributed by atoms with van der Waals surface area (Å²) in [7, 11) is 0. The maximum absolute atomic E-state index is 13.5. The number of hydrogen-bond donors (Lipinski definition) is 1. The van der Waals surface area contributed by atoms with Crippen LogP contribution in [0.3, 0.4) is 0 Å². The van der Waals surface area contributed by atoms with Gasteiger partial charge in [-0.25, -0.2) is 4.39 Å². The fourth-order valence-electron chi connectivity index (χ4n) is 8.73. The second-order valence-corrected chi connectivity index (χ2v) is 11.9. The summed E-state index contributed by atoms with van der Waals surface area (Å²) in [5.41, 5.74) is 0.519. The second-order valence-electron chi connectivity index (χ2n) is 11.9. The Morgan fingerprint density at radius 2 is 1.88 bits per heavy atom. The van der Waals surface area contributed by atoms with Crippen molar-refractivity contribution < 1.29 is 14.3 Å². The number of halogens is 1. The van der Waals surface area contributed by atoms with Crippen LogP contribution in [-0.4, -0.2) is 16.5 Å². The molecule has 4 fully saturated rings. The van der Waals surface area contributed by atoms with Crippen molar-refractivity contribution in [2.24, 2.45) is 40.9 Å². The van der Waals surface area contributed by atoms with E-state index in [4.69, 9.17) is 0 Å². The summed E-state index contributed by atoms with van der Waals surface area (Å²) in [6, 6.07) is 6.26. The average molecular weight is 438 g/mol. The molecule has 0 radical (unpaired) electrons. The average Bonchev–Trinajstić information content (AvgIpc) is 3.11. The summed E-state index contributed by atoms with van der Waals surface area (Å²) in [5.74, 6) is 3.38. The molecular weight excluding hydrogens is 401 g/mol. The minimum Gasteiger partial charge on any atom is -0.390 e. The molecule has 4 saturated carbocycles. The molecule has 0 spiro atoms. The standard InChI is InChI=1S/C28H36FNO2/c1-27(32)11-9-21-18(15-27)4-6-23-22(21)10-12-28(2)24(23)7-8-25(28)26(31)14-17-3-5-20(29)13-19(17)16-30/h3,5,13,18,21-25,32H,4,6-12,14-15H2,1-2H3/t18-,21+,22-,23-,24+,25-,27-,28+/m1/s1. The lowest BCUT2D eigenvalue weighted by Crippen LogP contribution is -2.51. The number of carbonyl (C=O) groups is 1. The third-order valence-corrected chi connectivity index (χ3v) is 10.2. The molecule has 32 heavy (non-hydrogen) atoms. The first-order chi connectivity index (χ1) is 15.2. The molecule has 5 rings (SSSR count). The van der Waals surface area contributed by atoms with Crippen LogP contribution in [0.1, 0.15) is 82.8 Å². The number of hydrogen-bond acceptors (Lipinski definition) is 3. The molecule has 0 aliphatic heterocycles. The fourth-order valence-corrected chi connectivity index (χ4v) is 8.73. The molecule has 1 aromatic rings. The van der Waals surface area contributed by atoms with E-state index in [-0.39, 0.29) is 29.1 Å². The second kappa shape index (κ2) is 7.94. The number of nitrogens with zero attached hydrogens (tertiary/aromatic N) is 1. The molecule has 4 aliphatic carbocycles. The van der Waals surface area contributed by atoms with Crippen molar-refractivity contribution in [3.8, 4) is 6.07 Å². The molecule has 1 aromatic carbocycles. The number of aliphatic hydroxyl groups is 1. The van der Waals surface area contributed by atoms with Gasteiger partial charge in [-0.2, -0.15) is 5.26 Å². The maximum atomic E-state index is 13.5. The molecule has 0 unspecified atom stereocenters. The third-order valence-electron chi connectivity index (χ3n) is 10.2. The van der Waals surface area contributed by atoms with E-state index in [1.54, 1.807) is 6.07 Å². The van der Waals surface area contributed by atoms with Crippen molar-refractivity contribution in [2.45, 2.75) is 83.7 Å². The Hall–Kier alpha value is -1.73. The number of nitriles is 1. The topological polar surface area (TPSA) is 61.1 Å². The van der Waals surface area contributed by atoms with Gasteiger partial charge >= 0.3 is 0 Å². The normalized spacial score (nSPS) is 43.0. The summed E-state index contributed by atoms with van der Waals surface area (Å²) >= 11 is 0. The van der Waals surface area contributed by atoms with Crippen molar-refractivity contribution in [3.63, 3.8) is 0 Å². The summed E-state index contributed by atoms with van der Waals surface area (Å²) < 4.78 is 13.5. The number of rotatable bonds is 3. The highest BCUT2D eigenvalue weighted by atomic mass is 19.1. The van der Waals surface area contributed by atoms with E-state index in [1.807, 2.05) is 6.92 Å². The molecule has 4 heteroatoms. The van der Waals surface area contributed by atoms with Crippen molar-refractivity contribution in [1.29, 1.82) is 5.26 Å². The van der Waals surface area contributed by atoms with Gasteiger partial charge in [-0.15, -0.1) is 0 Å². The van der Waals surface area contributed by atoms with Crippen LogP contribution < -0.4 is 0 Å². The summed E-state index contributed by atoms with van der Waals surface area (Å²) in [6.45, 7) is 4.37. The zero-order valence-electron chi connectivity index (χ0n) is 19.4. The highest BCUT2D eigenvalue weighted by molar-refractivity contribution is 5.85. The van der Waals surface area contributed by atoms with Crippen LogP contribution in [0, 0.1) is 58.1 Å². The van der Waals surface area contributed by atoms with Gasteiger partial charge in [-0.05, 0) is 117 Å². The molecule has 0 amide bonds. The molecule has 1 N–H and O–H groups in total. The van der Waals surface area contributed by atoms with Crippen molar-refractivity contribution in [2.75, 3.05) is 0 Å². The zero-order valence-corrected chi connectivity index (χ0v) is 19.4. The molecule has 0 bridgehead atoms. The minimum atomic E-state index is -0.481. The lowest BCUT2D eigenvalue weighted by Gasteiger charge is -2.56. The SMILES string of the molecule is C[C@@]1(O)CC[C@H]2[C@H](CC[C@@H]3[C@@H]2CC[C@]2(C)[C@@H](C(=O)Cc4ccc(F)cc4C#N)CC[C@@H]32)C1.